The molecule has 0 saturated carbocycles. The molecule has 0 unspecified atom stereocenters. The molecule has 108 valence electrons. The average molecular weight is 294 g/mol. The Kier molecular flexibility index (Phi) is 3.43. The van der Waals surface area contributed by atoms with Gasteiger partial charge in [-0.2, -0.15) is 0 Å². The number of ketones is 1. The van der Waals surface area contributed by atoms with E-state index in [2.05, 4.69) is 0 Å². The van der Waals surface area contributed by atoms with Crippen molar-refractivity contribution in [1.29, 1.82) is 0 Å². The van der Waals surface area contributed by atoms with Gasteiger partial charge in [-0.1, -0.05) is 36.4 Å². The van der Waals surface area contributed by atoms with Crippen molar-refractivity contribution in [2.75, 3.05) is 0 Å². The zero-order valence-corrected chi connectivity index (χ0v) is 11.4. The van der Waals surface area contributed by atoms with Gasteiger partial charge in [0.05, 0.1) is 5.56 Å². The maximum absolute atomic E-state index is 13.3. The van der Waals surface area contributed by atoms with E-state index < -0.39 is 17.6 Å². The molecule has 0 aliphatic rings. The Bertz CT molecular complexity index is 900. The Labute approximate surface area is 125 Å². The number of carboxylic acid groups (broad SMARTS) is 1. The number of rotatable bonds is 3. The van der Waals surface area contributed by atoms with Crippen LogP contribution in [0.1, 0.15) is 26.3 Å². The van der Waals surface area contributed by atoms with E-state index in [0.29, 0.717) is 0 Å². The number of hydrogen-bond acceptors (Lipinski definition) is 2. The Hall–Kier alpha value is -3.01. The highest BCUT2D eigenvalue weighted by Crippen LogP contribution is 2.23. The van der Waals surface area contributed by atoms with Crippen LogP contribution < -0.4 is 0 Å². The Morgan fingerprint density at radius 2 is 1.45 bits per heavy atom. The second-order valence-corrected chi connectivity index (χ2v) is 4.89. The summed E-state index contributed by atoms with van der Waals surface area (Å²) in [6, 6.07) is 15.4. The zero-order valence-electron chi connectivity index (χ0n) is 11.4. The van der Waals surface area contributed by atoms with Crippen LogP contribution >= 0.6 is 0 Å². The van der Waals surface area contributed by atoms with E-state index in [4.69, 9.17) is 0 Å². The SMILES string of the molecule is O=C(O)c1cc2ccccc2cc1C(=O)c1cccc(F)c1. The monoisotopic (exact) mass is 294 g/mol. The van der Waals surface area contributed by atoms with Crippen molar-refractivity contribution < 1.29 is 19.1 Å². The summed E-state index contributed by atoms with van der Waals surface area (Å²) in [7, 11) is 0. The second kappa shape index (κ2) is 5.41. The van der Waals surface area contributed by atoms with E-state index >= 15 is 0 Å². The van der Waals surface area contributed by atoms with Crippen LogP contribution in [0.4, 0.5) is 4.39 Å². The van der Waals surface area contributed by atoms with Crippen molar-refractivity contribution >= 4 is 22.5 Å². The molecule has 3 nitrogen and oxygen atoms in total. The normalized spacial score (nSPS) is 10.6. The van der Waals surface area contributed by atoms with E-state index in [1.165, 1.54) is 30.3 Å². The van der Waals surface area contributed by atoms with Crippen molar-refractivity contribution in [2.24, 2.45) is 0 Å². The molecule has 0 fully saturated rings. The molecule has 4 heteroatoms. The first kappa shape index (κ1) is 13.9. The third-order valence-electron chi connectivity index (χ3n) is 3.45. The molecule has 3 rings (SSSR count). The molecule has 0 aliphatic carbocycles. The predicted molar refractivity (Wildman–Crippen MR) is 80.7 cm³/mol. The summed E-state index contributed by atoms with van der Waals surface area (Å²) in [5, 5.41) is 10.8. The van der Waals surface area contributed by atoms with Crippen LogP contribution in [-0.4, -0.2) is 16.9 Å². The van der Waals surface area contributed by atoms with Gasteiger partial charge in [-0.25, -0.2) is 9.18 Å². The molecular weight excluding hydrogens is 283 g/mol. The molecule has 0 saturated heterocycles. The number of carbonyl (C=O) groups excluding carboxylic acids is 1. The first-order chi connectivity index (χ1) is 10.6. The molecule has 0 bridgehead atoms. The number of fused-ring (bicyclic) bond motifs is 1. The number of carboxylic acids is 1. The number of carbonyl (C=O) groups is 2. The molecule has 0 amide bonds. The molecule has 3 aromatic carbocycles. The van der Waals surface area contributed by atoms with Gasteiger partial charge in [0.25, 0.3) is 0 Å². The van der Waals surface area contributed by atoms with E-state index in [9.17, 15) is 19.1 Å². The van der Waals surface area contributed by atoms with Crippen LogP contribution in [0.25, 0.3) is 10.8 Å². The van der Waals surface area contributed by atoms with E-state index in [-0.39, 0.29) is 16.7 Å². The summed E-state index contributed by atoms with van der Waals surface area (Å²) in [5.41, 5.74) is 0.0857. The van der Waals surface area contributed by atoms with Crippen molar-refractivity contribution in [1.82, 2.24) is 0 Å². The van der Waals surface area contributed by atoms with Crippen LogP contribution in [0.15, 0.2) is 60.7 Å². The van der Waals surface area contributed by atoms with Crippen LogP contribution in [0.3, 0.4) is 0 Å². The van der Waals surface area contributed by atoms with E-state index in [1.807, 2.05) is 0 Å². The molecule has 0 heterocycles. The minimum Gasteiger partial charge on any atom is -0.478 e. The van der Waals surface area contributed by atoms with Crippen LogP contribution in [-0.2, 0) is 0 Å². The number of halogens is 1. The molecule has 0 aromatic heterocycles. The first-order valence-corrected chi connectivity index (χ1v) is 6.62. The summed E-state index contributed by atoms with van der Waals surface area (Å²) >= 11 is 0. The smallest absolute Gasteiger partial charge is 0.336 e. The van der Waals surface area contributed by atoms with Gasteiger partial charge < -0.3 is 5.11 Å². The van der Waals surface area contributed by atoms with Gasteiger partial charge >= 0.3 is 5.97 Å². The van der Waals surface area contributed by atoms with Crippen molar-refractivity contribution in [3.8, 4) is 0 Å². The lowest BCUT2D eigenvalue weighted by Crippen LogP contribution is -2.10. The third-order valence-corrected chi connectivity index (χ3v) is 3.45. The molecule has 0 aliphatic heterocycles. The van der Waals surface area contributed by atoms with Crippen LogP contribution in [0.2, 0.25) is 0 Å². The number of benzene rings is 3. The van der Waals surface area contributed by atoms with Gasteiger partial charge in [0, 0.05) is 11.1 Å². The Morgan fingerprint density at radius 1 is 0.818 bits per heavy atom. The summed E-state index contributed by atoms with van der Waals surface area (Å²) in [6.45, 7) is 0. The molecular formula is C18H11FO3. The van der Waals surface area contributed by atoms with Crippen LogP contribution in [0, 0.1) is 5.82 Å². The maximum atomic E-state index is 13.3. The van der Waals surface area contributed by atoms with E-state index in [1.54, 1.807) is 24.3 Å². The first-order valence-electron chi connectivity index (χ1n) is 6.62. The standard InChI is InChI=1S/C18H11FO3/c19-14-7-3-6-13(8-14)17(20)15-9-11-4-1-2-5-12(11)10-16(15)18(21)22/h1-10H,(H,21,22). The van der Waals surface area contributed by atoms with Crippen molar-refractivity contribution in [3.63, 3.8) is 0 Å². The van der Waals surface area contributed by atoms with Crippen LogP contribution in [0.5, 0.6) is 0 Å². The Balaban J connectivity index is 2.22. The topological polar surface area (TPSA) is 54.4 Å². The quantitative estimate of drug-likeness (QED) is 0.745. The Morgan fingerprint density at radius 3 is 2.05 bits per heavy atom. The minimum absolute atomic E-state index is 0.0526. The lowest BCUT2D eigenvalue weighted by Gasteiger charge is -2.08. The highest BCUT2D eigenvalue weighted by atomic mass is 19.1. The van der Waals surface area contributed by atoms with Gasteiger partial charge in [0.15, 0.2) is 5.78 Å². The lowest BCUT2D eigenvalue weighted by atomic mass is 9.95. The van der Waals surface area contributed by atoms with E-state index in [0.717, 1.165) is 16.8 Å². The maximum Gasteiger partial charge on any atom is 0.336 e. The number of hydrogen-bond donors (Lipinski definition) is 1. The highest BCUT2D eigenvalue weighted by molar-refractivity contribution is 6.16. The fourth-order valence-corrected chi connectivity index (χ4v) is 2.39. The average Bonchev–Trinajstić information content (AvgIpc) is 2.52. The predicted octanol–water partition coefficient (Wildman–Crippen LogP) is 3.91. The molecule has 0 spiro atoms. The van der Waals surface area contributed by atoms with Gasteiger partial charge in [-0.3, -0.25) is 4.79 Å². The summed E-state index contributed by atoms with van der Waals surface area (Å²) in [4.78, 5) is 24.0. The minimum atomic E-state index is -1.19. The molecule has 1 N–H and O–H groups in total. The van der Waals surface area contributed by atoms with Gasteiger partial charge in [-0.15, -0.1) is 0 Å². The second-order valence-electron chi connectivity index (χ2n) is 4.89. The largest absolute Gasteiger partial charge is 0.478 e. The van der Waals surface area contributed by atoms with Crippen molar-refractivity contribution in [2.45, 2.75) is 0 Å². The fourth-order valence-electron chi connectivity index (χ4n) is 2.39. The molecule has 3 aromatic rings. The summed E-state index contributed by atoms with van der Waals surface area (Å²) in [6.07, 6.45) is 0. The molecule has 22 heavy (non-hydrogen) atoms. The van der Waals surface area contributed by atoms with Gasteiger partial charge in [0.2, 0.25) is 0 Å². The summed E-state index contributed by atoms with van der Waals surface area (Å²) in [5.74, 6) is -2.24. The highest BCUT2D eigenvalue weighted by Gasteiger charge is 2.19. The van der Waals surface area contributed by atoms with Crippen molar-refractivity contribution in [3.05, 3.63) is 83.2 Å². The molecule has 0 radical (unpaired) electrons. The zero-order chi connectivity index (χ0) is 15.7. The third kappa shape index (κ3) is 2.46. The van der Waals surface area contributed by atoms with Gasteiger partial charge in [-0.05, 0) is 35.0 Å². The van der Waals surface area contributed by atoms with Gasteiger partial charge in [0.1, 0.15) is 5.82 Å². The fraction of sp³-hybridized carbons (Fsp3) is 0. The molecule has 0 atom stereocenters. The summed E-state index contributed by atoms with van der Waals surface area (Å²) < 4.78 is 13.3. The lowest BCUT2D eigenvalue weighted by molar-refractivity contribution is 0.0693. The number of aromatic carboxylic acids is 1.